The van der Waals surface area contributed by atoms with Gasteiger partial charge in [0.25, 0.3) is 5.69 Å². The molecule has 1 aliphatic rings. The van der Waals surface area contributed by atoms with Crippen molar-refractivity contribution in [1.82, 2.24) is 0 Å². The van der Waals surface area contributed by atoms with Gasteiger partial charge in [-0.3, -0.25) is 14.9 Å². The maximum Gasteiger partial charge on any atom is 0.296 e. The summed E-state index contributed by atoms with van der Waals surface area (Å²) < 4.78 is 10.6. The van der Waals surface area contributed by atoms with Gasteiger partial charge in [-0.15, -0.1) is 11.6 Å². The SMILES string of the molecule is O=C(CCCl)Nc1cc2c(cc1[N+](=O)[O-])OCCO2. The number of hydrogen-bond donors (Lipinski definition) is 1. The topological polar surface area (TPSA) is 90.7 Å². The number of nitrogens with zero attached hydrogens (tertiary/aromatic N) is 1. The van der Waals surface area contributed by atoms with Crippen LogP contribution in [-0.4, -0.2) is 29.9 Å². The highest BCUT2D eigenvalue weighted by Gasteiger charge is 2.23. The number of rotatable bonds is 4. The molecule has 0 saturated carbocycles. The highest BCUT2D eigenvalue weighted by Crippen LogP contribution is 2.39. The van der Waals surface area contributed by atoms with Gasteiger partial charge < -0.3 is 14.8 Å². The van der Waals surface area contributed by atoms with Gasteiger partial charge in [0.2, 0.25) is 5.91 Å². The molecule has 2 rings (SSSR count). The van der Waals surface area contributed by atoms with E-state index < -0.39 is 10.8 Å². The lowest BCUT2D eigenvalue weighted by atomic mass is 10.2. The molecular formula is C11H11ClN2O5. The van der Waals surface area contributed by atoms with Crippen molar-refractivity contribution in [3.8, 4) is 11.5 Å². The van der Waals surface area contributed by atoms with Crippen LogP contribution >= 0.6 is 11.6 Å². The summed E-state index contributed by atoms with van der Waals surface area (Å²) in [6.07, 6.45) is 0.0765. The summed E-state index contributed by atoms with van der Waals surface area (Å²) in [4.78, 5) is 21.9. The molecule has 19 heavy (non-hydrogen) atoms. The van der Waals surface area contributed by atoms with Crippen molar-refractivity contribution in [2.45, 2.75) is 6.42 Å². The van der Waals surface area contributed by atoms with E-state index in [0.717, 1.165) is 0 Å². The van der Waals surface area contributed by atoms with Gasteiger partial charge in [0.05, 0.1) is 11.0 Å². The van der Waals surface area contributed by atoms with E-state index in [4.69, 9.17) is 21.1 Å². The van der Waals surface area contributed by atoms with Gasteiger partial charge >= 0.3 is 0 Å². The number of hydrogen-bond acceptors (Lipinski definition) is 5. The Morgan fingerprint density at radius 1 is 1.37 bits per heavy atom. The number of nitrogens with one attached hydrogen (secondary N) is 1. The summed E-state index contributed by atoms with van der Waals surface area (Å²) in [5.74, 6) is 0.422. The first kappa shape index (κ1) is 13.4. The van der Waals surface area contributed by atoms with Gasteiger partial charge in [-0.05, 0) is 0 Å². The zero-order chi connectivity index (χ0) is 13.8. The zero-order valence-electron chi connectivity index (χ0n) is 9.85. The predicted octanol–water partition coefficient (Wildman–Crippen LogP) is 1.93. The number of nitro groups is 1. The lowest BCUT2D eigenvalue weighted by molar-refractivity contribution is -0.384. The summed E-state index contributed by atoms with van der Waals surface area (Å²) in [5, 5.41) is 13.4. The molecule has 1 amide bonds. The number of ether oxygens (including phenoxy) is 2. The van der Waals surface area contributed by atoms with E-state index in [1.807, 2.05) is 0 Å². The second-order valence-corrected chi connectivity index (χ2v) is 4.14. The molecule has 0 saturated heterocycles. The average molecular weight is 287 g/mol. The molecule has 7 nitrogen and oxygen atoms in total. The Kier molecular flexibility index (Phi) is 4.06. The van der Waals surface area contributed by atoms with E-state index in [9.17, 15) is 14.9 Å². The first-order valence-electron chi connectivity index (χ1n) is 5.55. The molecule has 0 aliphatic carbocycles. The largest absolute Gasteiger partial charge is 0.486 e. The number of fused-ring (bicyclic) bond motifs is 1. The Balaban J connectivity index is 2.34. The smallest absolute Gasteiger partial charge is 0.296 e. The third-order valence-corrected chi connectivity index (χ3v) is 2.64. The second kappa shape index (κ2) is 5.75. The molecule has 0 radical (unpaired) electrons. The van der Waals surface area contributed by atoms with Crippen molar-refractivity contribution < 1.29 is 19.2 Å². The molecule has 0 spiro atoms. The maximum absolute atomic E-state index is 11.5. The average Bonchev–Trinajstić information content (AvgIpc) is 2.38. The Bertz CT molecular complexity index is 520. The quantitative estimate of drug-likeness (QED) is 0.519. The minimum absolute atomic E-state index is 0.0735. The third-order valence-electron chi connectivity index (χ3n) is 2.45. The second-order valence-electron chi connectivity index (χ2n) is 3.76. The van der Waals surface area contributed by atoms with Gasteiger partial charge in [0.1, 0.15) is 18.9 Å². The molecule has 1 aromatic rings. The highest BCUT2D eigenvalue weighted by atomic mass is 35.5. The van der Waals surface area contributed by atoms with Crippen molar-refractivity contribution in [2.24, 2.45) is 0 Å². The minimum atomic E-state index is -0.589. The van der Waals surface area contributed by atoms with Crippen LogP contribution < -0.4 is 14.8 Å². The Labute approximate surface area is 113 Å². The molecule has 1 aromatic carbocycles. The van der Waals surface area contributed by atoms with E-state index in [1.165, 1.54) is 12.1 Å². The number of nitro benzene ring substituents is 1. The predicted molar refractivity (Wildman–Crippen MR) is 68.1 cm³/mol. The van der Waals surface area contributed by atoms with Crippen LogP contribution in [0.5, 0.6) is 11.5 Å². The number of carbonyl (C=O) groups excluding carboxylic acids is 1. The Hall–Kier alpha value is -2.02. The summed E-state index contributed by atoms with van der Waals surface area (Å²) in [6.45, 7) is 0.696. The number of halogens is 1. The number of benzene rings is 1. The standard InChI is InChI=1S/C11H11ClN2O5/c12-2-1-11(15)13-7-5-9-10(19-4-3-18-9)6-8(7)14(16)17/h5-6H,1-4H2,(H,13,15). The van der Waals surface area contributed by atoms with Crippen LogP contribution in [0.3, 0.4) is 0 Å². The Morgan fingerprint density at radius 3 is 2.58 bits per heavy atom. The van der Waals surface area contributed by atoms with E-state index in [1.54, 1.807) is 0 Å². The van der Waals surface area contributed by atoms with Crippen molar-refractivity contribution in [1.29, 1.82) is 0 Å². The van der Waals surface area contributed by atoms with Gasteiger partial charge in [0, 0.05) is 18.4 Å². The normalized spacial score (nSPS) is 12.9. The van der Waals surface area contributed by atoms with E-state index in [-0.39, 0.29) is 23.7 Å². The fraction of sp³-hybridized carbons (Fsp3) is 0.364. The molecule has 1 N–H and O–H groups in total. The zero-order valence-corrected chi connectivity index (χ0v) is 10.6. The first-order chi connectivity index (χ1) is 9.11. The van der Waals surface area contributed by atoms with Crippen LogP contribution in [0.25, 0.3) is 0 Å². The van der Waals surface area contributed by atoms with Crippen LogP contribution in [0.1, 0.15) is 6.42 Å². The number of carbonyl (C=O) groups is 1. The Morgan fingerprint density at radius 2 is 2.00 bits per heavy atom. The minimum Gasteiger partial charge on any atom is -0.486 e. The highest BCUT2D eigenvalue weighted by molar-refractivity contribution is 6.19. The van der Waals surface area contributed by atoms with Crippen molar-refractivity contribution in [3.05, 3.63) is 22.2 Å². The fourth-order valence-corrected chi connectivity index (χ4v) is 1.80. The van der Waals surface area contributed by atoms with Crippen molar-refractivity contribution in [2.75, 3.05) is 24.4 Å². The van der Waals surface area contributed by atoms with E-state index in [2.05, 4.69) is 5.32 Å². The van der Waals surface area contributed by atoms with Crippen LogP contribution in [0.2, 0.25) is 0 Å². The fourth-order valence-electron chi connectivity index (χ4n) is 1.63. The molecular weight excluding hydrogens is 276 g/mol. The molecule has 0 aromatic heterocycles. The third kappa shape index (κ3) is 3.05. The maximum atomic E-state index is 11.5. The molecule has 0 fully saturated rings. The number of amides is 1. The van der Waals surface area contributed by atoms with Crippen LogP contribution in [0.4, 0.5) is 11.4 Å². The molecule has 0 bridgehead atoms. The summed E-state index contributed by atoms with van der Waals surface area (Å²) in [6, 6.07) is 2.63. The lowest BCUT2D eigenvalue weighted by Gasteiger charge is -2.19. The van der Waals surface area contributed by atoms with Gasteiger partial charge in [0.15, 0.2) is 11.5 Å². The molecule has 1 heterocycles. The molecule has 102 valence electrons. The molecule has 0 unspecified atom stereocenters. The monoisotopic (exact) mass is 286 g/mol. The van der Waals surface area contributed by atoms with Crippen LogP contribution in [0, 0.1) is 10.1 Å². The van der Waals surface area contributed by atoms with E-state index >= 15 is 0 Å². The molecule has 0 atom stereocenters. The summed E-state index contributed by atoms with van der Waals surface area (Å²) in [5.41, 5.74) is -0.170. The van der Waals surface area contributed by atoms with Gasteiger partial charge in [-0.1, -0.05) is 0 Å². The van der Waals surface area contributed by atoms with E-state index in [0.29, 0.717) is 24.7 Å². The van der Waals surface area contributed by atoms with Crippen LogP contribution in [-0.2, 0) is 4.79 Å². The number of anilines is 1. The molecule has 1 aliphatic heterocycles. The van der Waals surface area contributed by atoms with Crippen molar-refractivity contribution >= 4 is 28.9 Å². The lowest BCUT2D eigenvalue weighted by Crippen LogP contribution is -2.17. The number of alkyl halides is 1. The van der Waals surface area contributed by atoms with Crippen molar-refractivity contribution in [3.63, 3.8) is 0 Å². The summed E-state index contributed by atoms with van der Waals surface area (Å²) >= 11 is 5.44. The summed E-state index contributed by atoms with van der Waals surface area (Å²) in [7, 11) is 0. The van der Waals surface area contributed by atoms with Crippen LogP contribution in [0.15, 0.2) is 12.1 Å². The molecule has 8 heteroatoms. The van der Waals surface area contributed by atoms with Gasteiger partial charge in [-0.25, -0.2) is 0 Å². The van der Waals surface area contributed by atoms with Gasteiger partial charge in [-0.2, -0.15) is 0 Å². The first-order valence-corrected chi connectivity index (χ1v) is 6.09.